The van der Waals surface area contributed by atoms with Crippen LogP contribution in [0.4, 0.5) is 0 Å². The van der Waals surface area contributed by atoms with Gasteiger partial charge in [0, 0.05) is 17.7 Å². The number of ether oxygens (including phenoxy) is 1. The van der Waals surface area contributed by atoms with E-state index in [1.165, 1.54) is 38.5 Å². The van der Waals surface area contributed by atoms with Crippen LogP contribution in [0.25, 0.3) is 0 Å². The predicted octanol–water partition coefficient (Wildman–Crippen LogP) is 4.16. The number of hydrogen-bond acceptors (Lipinski definition) is 2. The van der Waals surface area contributed by atoms with Crippen molar-refractivity contribution < 1.29 is 9.53 Å². The first-order chi connectivity index (χ1) is 9.19. The largest absolute Gasteiger partial charge is 0.465 e. The molecule has 0 spiro atoms. The Morgan fingerprint density at radius 1 is 1.05 bits per heavy atom. The number of hydrogen-bond donors (Lipinski definition) is 0. The quantitative estimate of drug-likeness (QED) is 0.416. The number of rotatable bonds is 6. The Morgan fingerprint density at radius 3 is 2.16 bits per heavy atom. The summed E-state index contributed by atoms with van der Waals surface area (Å²) in [4.78, 5) is 11.7. The molecule has 4 aliphatic carbocycles. The minimum atomic E-state index is -0.0131. The molecule has 0 aromatic carbocycles. The Hall–Kier alpha value is -0.240. The molecule has 4 bridgehead atoms. The average molecular weight is 285 g/mol. The van der Waals surface area contributed by atoms with Crippen molar-refractivity contribution in [2.45, 2.75) is 57.8 Å². The van der Waals surface area contributed by atoms with Crippen LogP contribution in [-0.4, -0.2) is 18.5 Å². The first-order valence-corrected chi connectivity index (χ1v) is 8.44. The number of unbranched alkanes of at least 4 members (excludes halogenated alkanes) is 1. The Labute approximate surface area is 121 Å². The second-order valence-corrected chi connectivity index (χ2v) is 7.60. The maximum atomic E-state index is 11.7. The van der Waals surface area contributed by atoms with Crippen molar-refractivity contribution in [1.29, 1.82) is 0 Å². The van der Waals surface area contributed by atoms with Crippen LogP contribution in [0.5, 0.6) is 0 Å². The lowest BCUT2D eigenvalue weighted by Gasteiger charge is -2.56. The maximum Gasteiger partial charge on any atom is 0.305 e. The average Bonchev–Trinajstić information content (AvgIpc) is 2.35. The summed E-state index contributed by atoms with van der Waals surface area (Å²) >= 11 is 5.62. The summed E-state index contributed by atoms with van der Waals surface area (Å²) in [6.45, 7) is 0.691. The summed E-state index contributed by atoms with van der Waals surface area (Å²) in [7, 11) is 0. The molecule has 0 saturated heterocycles. The van der Waals surface area contributed by atoms with Crippen molar-refractivity contribution in [3.8, 4) is 0 Å². The zero-order chi connectivity index (χ0) is 13.3. The summed E-state index contributed by atoms with van der Waals surface area (Å²) in [6, 6.07) is 0. The van der Waals surface area contributed by atoms with Gasteiger partial charge in [0.2, 0.25) is 0 Å². The molecule has 0 amide bonds. The molecule has 19 heavy (non-hydrogen) atoms. The van der Waals surface area contributed by atoms with E-state index >= 15 is 0 Å². The smallest absolute Gasteiger partial charge is 0.305 e. The Balaban J connectivity index is 1.48. The fourth-order valence-corrected chi connectivity index (χ4v) is 5.33. The minimum absolute atomic E-state index is 0.0131. The van der Waals surface area contributed by atoms with E-state index in [0.29, 0.717) is 24.3 Å². The van der Waals surface area contributed by atoms with Crippen LogP contribution < -0.4 is 0 Å². The second kappa shape index (κ2) is 5.63. The van der Waals surface area contributed by atoms with E-state index in [0.717, 1.165) is 30.6 Å². The van der Waals surface area contributed by atoms with E-state index in [-0.39, 0.29) is 5.97 Å². The highest BCUT2D eigenvalue weighted by Gasteiger charge is 2.51. The zero-order valence-corrected chi connectivity index (χ0v) is 12.5. The SMILES string of the molecule is O=C(CCCCCl)OCC12CC3CC(CC(C3)C1)C2. The standard InChI is InChI=1S/C16H25ClO2/c17-4-2-1-3-15(18)19-11-16-8-12-5-13(9-16)7-14(6-12)10-16/h12-14H,1-11H2. The third kappa shape index (κ3) is 3.09. The van der Waals surface area contributed by atoms with Crippen LogP contribution >= 0.6 is 11.6 Å². The van der Waals surface area contributed by atoms with Gasteiger partial charge in [-0.2, -0.15) is 0 Å². The van der Waals surface area contributed by atoms with E-state index in [9.17, 15) is 4.79 Å². The summed E-state index contributed by atoms with van der Waals surface area (Å²) in [6.07, 6.45) is 10.6. The number of halogens is 1. The molecule has 0 aromatic rings. The van der Waals surface area contributed by atoms with Crippen molar-refractivity contribution in [3.63, 3.8) is 0 Å². The highest BCUT2D eigenvalue weighted by Crippen LogP contribution is 2.60. The van der Waals surface area contributed by atoms with Crippen molar-refractivity contribution in [3.05, 3.63) is 0 Å². The van der Waals surface area contributed by atoms with E-state index in [2.05, 4.69) is 0 Å². The highest BCUT2D eigenvalue weighted by atomic mass is 35.5. The number of alkyl halides is 1. The lowest BCUT2D eigenvalue weighted by atomic mass is 9.50. The molecule has 4 rings (SSSR count). The molecular weight excluding hydrogens is 260 g/mol. The highest BCUT2D eigenvalue weighted by molar-refractivity contribution is 6.17. The van der Waals surface area contributed by atoms with Crippen molar-refractivity contribution >= 4 is 17.6 Å². The van der Waals surface area contributed by atoms with Gasteiger partial charge in [-0.1, -0.05) is 0 Å². The topological polar surface area (TPSA) is 26.3 Å². The van der Waals surface area contributed by atoms with Crippen LogP contribution in [0.2, 0.25) is 0 Å². The lowest BCUT2D eigenvalue weighted by Crippen LogP contribution is -2.48. The number of esters is 1. The summed E-state index contributed by atoms with van der Waals surface area (Å²) in [5.41, 5.74) is 0.358. The Bertz CT molecular complexity index is 304. The minimum Gasteiger partial charge on any atom is -0.465 e. The molecule has 0 aliphatic heterocycles. The van der Waals surface area contributed by atoms with Crippen LogP contribution in [-0.2, 0) is 9.53 Å². The summed E-state index contributed by atoms with van der Waals surface area (Å²) < 4.78 is 5.59. The van der Waals surface area contributed by atoms with Gasteiger partial charge in [-0.05, 0) is 69.1 Å². The van der Waals surface area contributed by atoms with Gasteiger partial charge in [-0.3, -0.25) is 4.79 Å². The van der Waals surface area contributed by atoms with Gasteiger partial charge in [-0.15, -0.1) is 11.6 Å². The van der Waals surface area contributed by atoms with Gasteiger partial charge in [0.05, 0.1) is 6.61 Å². The van der Waals surface area contributed by atoms with Crippen molar-refractivity contribution in [1.82, 2.24) is 0 Å². The van der Waals surface area contributed by atoms with Gasteiger partial charge in [-0.25, -0.2) is 0 Å². The first-order valence-electron chi connectivity index (χ1n) is 7.91. The molecule has 0 aromatic heterocycles. The van der Waals surface area contributed by atoms with Gasteiger partial charge in [0.25, 0.3) is 0 Å². The molecular formula is C16H25ClO2. The molecule has 108 valence electrons. The fraction of sp³-hybridized carbons (Fsp3) is 0.938. The van der Waals surface area contributed by atoms with Gasteiger partial charge in [0.1, 0.15) is 0 Å². The van der Waals surface area contributed by atoms with E-state index in [1.807, 2.05) is 0 Å². The summed E-state index contributed by atoms with van der Waals surface area (Å²) in [5.74, 6) is 3.42. The molecule has 0 radical (unpaired) electrons. The van der Waals surface area contributed by atoms with Crippen LogP contribution in [0, 0.1) is 23.2 Å². The monoisotopic (exact) mass is 284 g/mol. The number of carbonyl (C=O) groups is 1. The normalized spacial score (nSPS) is 39.5. The molecule has 0 unspecified atom stereocenters. The molecule has 2 nitrogen and oxygen atoms in total. The Morgan fingerprint density at radius 2 is 1.63 bits per heavy atom. The van der Waals surface area contributed by atoms with Gasteiger partial charge in [0.15, 0.2) is 0 Å². The molecule has 0 heterocycles. The van der Waals surface area contributed by atoms with Crippen LogP contribution in [0.3, 0.4) is 0 Å². The van der Waals surface area contributed by atoms with Crippen LogP contribution in [0.1, 0.15) is 57.8 Å². The van der Waals surface area contributed by atoms with Crippen molar-refractivity contribution in [2.75, 3.05) is 12.5 Å². The maximum absolute atomic E-state index is 11.7. The predicted molar refractivity (Wildman–Crippen MR) is 76.1 cm³/mol. The molecule has 4 aliphatic rings. The third-order valence-electron chi connectivity index (χ3n) is 5.47. The van der Waals surface area contributed by atoms with Crippen molar-refractivity contribution in [2.24, 2.45) is 23.2 Å². The molecule has 3 heteroatoms. The zero-order valence-electron chi connectivity index (χ0n) is 11.7. The van der Waals surface area contributed by atoms with E-state index in [4.69, 9.17) is 16.3 Å². The lowest BCUT2D eigenvalue weighted by molar-refractivity contribution is -0.155. The number of carbonyl (C=O) groups excluding carboxylic acids is 1. The van der Waals surface area contributed by atoms with E-state index in [1.54, 1.807) is 0 Å². The molecule has 0 atom stereocenters. The third-order valence-corrected chi connectivity index (χ3v) is 5.74. The van der Waals surface area contributed by atoms with E-state index < -0.39 is 0 Å². The second-order valence-electron chi connectivity index (χ2n) is 7.22. The fourth-order valence-electron chi connectivity index (χ4n) is 5.14. The Kier molecular flexibility index (Phi) is 4.07. The molecule has 4 saturated carbocycles. The summed E-state index contributed by atoms with van der Waals surface area (Å²) in [5, 5.41) is 0. The molecule has 4 fully saturated rings. The van der Waals surface area contributed by atoms with Gasteiger partial charge >= 0.3 is 5.97 Å². The van der Waals surface area contributed by atoms with Crippen LogP contribution in [0.15, 0.2) is 0 Å². The first kappa shape index (κ1) is 13.7. The molecule has 0 N–H and O–H groups in total. The van der Waals surface area contributed by atoms with Gasteiger partial charge < -0.3 is 4.74 Å².